The molecule has 0 bridgehead atoms. The van der Waals surface area contributed by atoms with Crippen molar-refractivity contribution in [1.29, 1.82) is 0 Å². The number of carbonyl (C=O) groups is 2. The van der Waals surface area contributed by atoms with Gasteiger partial charge in [-0.25, -0.2) is 0 Å². The minimum absolute atomic E-state index is 0.122. The molecule has 3 aliphatic heterocycles. The molecule has 6 aliphatic rings. The summed E-state index contributed by atoms with van der Waals surface area (Å²) in [5, 5.41) is 60.8. The highest BCUT2D eigenvalue weighted by atomic mass is 31.2. The Hall–Kier alpha value is -1.03. The van der Waals surface area contributed by atoms with Crippen molar-refractivity contribution >= 4 is 19.1 Å². The Balaban J connectivity index is 1.12. The molecule has 14 nitrogen and oxygen atoms in total. The second-order valence-corrected chi connectivity index (χ2v) is 33.2. The number of hydrogen-bond donors (Lipinski definition) is 5. The predicted molar refractivity (Wildman–Crippen MR) is 326 cm³/mol. The topological polar surface area (TPSA) is 188 Å². The van der Waals surface area contributed by atoms with Crippen LogP contribution in [0.5, 0.6) is 0 Å². The Morgan fingerprint density at radius 1 is 0.741 bits per heavy atom. The number of esters is 1. The van der Waals surface area contributed by atoms with Crippen LogP contribution in [0.15, 0.2) is 0 Å². The third-order valence-corrected chi connectivity index (χ3v) is 28.8. The van der Waals surface area contributed by atoms with E-state index in [4.69, 9.17) is 23.7 Å². The van der Waals surface area contributed by atoms with E-state index in [9.17, 15) is 35.1 Å². The van der Waals surface area contributed by atoms with Gasteiger partial charge in [0.15, 0.2) is 6.29 Å². The number of aliphatic hydroxyl groups is 5. The molecule has 6 rings (SSSR count). The summed E-state index contributed by atoms with van der Waals surface area (Å²) in [6, 6.07) is -1.05. The van der Waals surface area contributed by atoms with Gasteiger partial charge in [0.1, 0.15) is 23.9 Å². The first kappa shape index (κ1) is 69.1. The number of likely N-dealkylation sites (N-methyl/N-ethyl adjacent to an activating group) is 1. The fourth-order valence-electron chi connectivity index (χ4n) is 17.3. The fourth-order valence-corrected chi connectivity index (χ4v) is 24.9. The average molecular weight is 1170 g/mol. The number of ether oxygens (including phenoxy) is 5. The van der Waals surface area contributed by atoms with Crippen molar-refractivity contribution < 1.29 is 58.8 Å². The number of unbranched alkanes of at least 4 members (excludes halogenated alkanes) is 9. The number of cyclic esters (lactones) is 1. The van der Waals surface area contributed by atoms with Crippen LogP contribution in [0.1, 0.15) is 249 Å². The molecule has 18 atom stereocenters. The molecule has 3 heterocycles. The van der Waals surface area contributed by atoms with E-state index in [0.29, 0.717) is 19.3 Å². The zero-order valence-corrected chi connectivity index (χ0v) is 54.4. The smallest absolute Gasteiger partial charge is 0.311 e. The molecule has 3 aliphatic carbocycles. The third kappa shape index (κ3) is 17.2. The molecule has 0 radical (unpaired) electrons. The quantitative estimate of drug-likeness (QED) is 0.0370. The Morgan fingerprint density at radius 3 is 1.77 bits per heavy atom. The van der Waals surface area contributed by atoms with Crippen LogP contribution in [0.25, 0.3) is 0 Å². The molecule has 0 aromatic heterocycles. The summed E-state index contributed by atoms with van der Waals surface area (Å²) in [7, 11) is 4.52. The van der Waals surface area contributed by atoms with Crippen LogP contribution in [-0.2, 0) is 33.3 Å². The van der Waals surface area contributed by atoms with Crippen molar-refractivity contribution in [1.82, 2.24) is 9.80 Å². The van der Waals surface area contributed by atoms with Gasteiger partial charge in [0.2, 0.25) is 5.91 Å². The first-order chi connectivity index (χ1) is 38.3. The first-order valence-corrected chi connectivity index (χ1v) is 35.5. The molecular formula is C66H122N2O12P+. The van der Waals surface area contributed by atoms with Crippen LogP contribution in [0.4, 0.5) is 0 Å². The number of carbonyl (C=O) groups excluding carboxylic acids is 2. The Kier molecular flexibility index (Phi) is 26.6. The lowest BCUT2D eigenvalue weighted by molar-refractivity contribution is -0.299. The maximum absolute atomic E-state index is 14.7. The summed E-state index contributed by atoms with van der Waals surface area (Å²) in [6.07, 6.45) is 25.5. The van der Waals surface area contributed by atoms with E-state index in [-0.39, 0.29) is 56.2 Å². The highest BCUT2D eigenvalue weighted by Gasteiger charge is 2.58. The van der Waals surface area contributed by atoms with Gasteiger partial charge in [-0.1, -0.05) is 65.7 Å². The first-order valence-electron chi connectivity index (χ1n) is 33.4. The van der Waals surface area contributed by atoms with Gasteiger partial charge in [-0.15, -0.1) is 0 Å². The SMILES string of the molecule is CC[C@H]1OC(=O)[C@H](C)[C@@H](O[C@H]2C[C@@](C)(OC)[C@@H](O)[C@H](C)O2)[C@H](C)[C@@H](C[C@@H]2O[C@H](C)C[C@H](N(C)C)[C@H]2O)[C@](C)(O)C[C@@H](C)CN(C(=O)CCCCCCCCCCCC[P+](C2CCCC2)(C2CCCC2)C2CCCC2)[C@H](C)[C@@H](O)[C@]1(C)O. The van der Waals surface area contributed by atoms with Crippen LogP contribution in [0.2, 0.25) is 0 Å². The minimum atomic E-state index is -1.96. The molecule has 0 aromatic rings. The molecule has 0 unspecified atom stereocenters. The molecular weight excluding hydrogens is 1040 g/mol. The van der Waals surface area contributed by atoms with E-state index < -0.39 is 103 Å². The zero-order valence-electron chi connectivity index (χ0n) is 53.5. The van der Waals surface area contributed by atoms with E-state index in [1.165, 1.54) is 91.1 Å². The summed E-state index contributed by atoms with van der Waals surface area (Å²) in [5.74, 6) is -3.34. The normalized spacial score (nSPS) is 39.8. The van der Waals surface area contributed by atoms with Crippen molar-refractivity contribution in [3.8, 4) is 0 Å². The molecule has 472 valence electrons. The van der Waals surface area contributed by atoms with Crippen LogP contribution >= 0.6 is 7.26 Å². The van der Waals surface area contributed by atoms with Crippen LogP contribution in [0.3, 0.4) is 0 Å². The molecule has 3 saturated heterocycles. The number of hydrogen-bond acceptors (Lipinski definition) is 13. The zero-order chi connectivity index (χ0) is 59.5. The summed E-state index contributed by atoms with van der Waals surface area (Å²) in [6.45, 7) is 18.2. The largest absolute Gasteiger partial charge is 0.459 e. The number of aliphatic hydroxyl groups excluding tert-OH is 3. The van der Waals surface area contributed by atoms with E-state index in [1.807, 2.05) is 39.8 Å². The molecule has 6 fully saturated rings. The molecule has 15 heteroatoms. The van der Waals surface area contributed by atoms with E-state index >= 15 is 0 Å². The van der Waals surface area contributed by atoms with Crippen LogP contribution in [0, 0.1) is 23.7 Å². The number of amides is 1. The lowest BCUT2D eigenvalue weighted by Crippen LogP contribution is -2.60. The Morgan fingerprint density at radius 2 is 1.26 bits per heavy atom. The monoisotopic (exact) mass is 1170 g/mol. The Bertz CT molecular complexity index is 1830. The van der Waals surface area contributed by atoms with Crippen molar-refractivity contribution in [3.63, 3.8) is 0 Å². The molecule has 0 aromatic carbocycles. The van der Waals surface area contributed by atoms with Gasteiger partial charge < -0.3 is 59.0 Å². The maximum atomic E-state index is 14.7. The minimum Gasteiger partial charge on any atom is -0.459 e. The Labute approximate surface area is 493 Å². The van der Waals surface area contributed by atoms with Crippen LogP contribution in [-0.4, -0.2) is 182 Å². The van der Waals surface area contributed by atoms with Gasteiger partial charge in [-0.2, -0.15) is 0 Å². The van der Waals surface area contributed by atoms with Gasteiger partial charge in [0.05, 0.1) is 76.8 Å². The second kappa shape index (κ2) is 31.2. The number of nitrogens with zero attached hydrogens (tertiary/aromatic N) is 2. The molecule has 1 amide bonds. The van der Waals surface area contributed by atoms with Crippen molar-refractivity contribution in [2.75, 3.05) is 33.9 Å². The summed E-state index contributed by atoms with van der Waals surface area (Å²) < 4.78 is 31.9. The summed E-state index contributed by atoms with van der Waals surface area (Å²) in [5.41, 5.74) is -1.16. The number of rotatable bonds is 23. The van der Waals surface area contributed by atoms with Gasteiger partial charge in [-0.05, 0) is 202 Å². The van der Waals surface area contributed by atoms with Crippen molar-refractivity contribution in [2.24, 2.45) is 23.7 Å². The molecule has 81 heavy (non-hydrogen) atoms. The van der Waals surface area contributed by atoms with Gasteiger partial charge in [0, 0.05) is 39.8 Å². The molecule has 3 saturated carbocycles. The number of methoxy groups -OCH3 is 1. The second-order valence-electron chi connectivity index (χ2n) is 28.5. The highest BCUT2D eigenvalue weighted by Crippen LogP contribution is 2.78. The van der Waals surface area contributed by atoms with Gasteiger partial charge >= 0.3 is 5.97 Å². The third-order valence-electron chi connectivity index (χ3n) is 22.1. The van der Waals surface area contributed by atoms with Crippen molar-refractivity contribution in [2.45, 2.75) is 350 Å². The van der Waals surface area contributed by atoms with Gasteiger partial charge in [-0.3, -0.25) is 9.59 Å². The molecule has 5 N–H and O–H groups in total. The highest BCUT2D eigenvalue weighted by molar-refractivity contribution is 7.77. The van der Waals surface area contributed by atoms with E-state index in [0.717, 1.165) is 36.2 Å². The lowest BCUT2D eigenvalue weighted by atomic mass is 9.68. The lowest BCUT2D eigenvalue weighted by Gasteiger charge is -2.49. The van der Waals surface area contributed by atoms with E-state index in [1.54, 1.807) is 91.1 Å². The maximum Gasteiger partial charge on any atom is 0.311 e. The standard InChI is InChI=1S/C66H122N2O12P/c1-14-56-66(10,75)61(71)48(6)68(57(69)37-23-21-19-17-15-16-18-20-22-30-38-81(50-31-24-25-32-50,51-33-26-27-34-51)52-35-28-29-36-52)43-44(2)41-64(8,74)53(40-55-59(70)54(67(11)12)39-45(3)77-55)46(4)60(47(5)63(73)79-56)80-58-42-65(9,76-13)62(72)49(7)78-58/h44-56,58-62,70-72,74-75H,14-43H2,1-13H3/q+1/t44-,45-,46-,47-,48-,49+,53-,54+,55+,56-,58+,59-,60+,61-,62+,64-,65-,66-/m1/s1. The fraction of sp³-hybridized carbons (Fsp3) is 0.970. The summed E-state index contributed by atoms with van der Waals surface area (Å²) >= 11 is 0. The van der Waals surface area contributed by atoms with E-state index in [2.05, 4.69) is 0 Å². The summed E-state index contributed by atoms with van der Waals surface area (Å²) in [4.78, 5) is 33.0. The van der Waals surface area contributed by atoms with Crippen molar-refractivity contribution in [3.05, 3.63) is 0 Å². The average Bonchev–Trinajstić information content (AvgIpc) is 4.49. The van der Waals surface area contributed by atoms with Gasteiger partial charge in [0.25, 0.3) is 0 Å². The van der Waals surface area contributed by atoms with Crippen LogP contribution < -0.4 is 0 Å². The predicted octanol–water partition coefficient (Wildman–Crippen LogP) is 11.6. The molecule has 0 spiro atoms.